The first-order valence-corrected chi connectivity index (χ1v) is 11.7. The lowest BCUT2D eigenvalue weighted by molar-refractivity contribution is 0.0988. The maximum absolute atomic E-state index is 13.9. The molecule has 168 valence electrons. The number of benzene rings is 2. The average Bonchev–Trinajstić information content (AvgIpc) is 3.24. The standard InChI is InChI=1S/C25H24N4O3S/c1-17-23(33-25(26-17)28-11-13-32-14-12-28)24(31)29(19-7-3-2-4-8-19)16-18-15-22(30)27-21-10-6-5-9-20(18)21/h2-10,15H,11-14,16H2,1H3,(H,27,30). The highest BCUT2D eigenvalue weighted by Crippen LogP contribution is 2.30. The van der Waals surface area contributed by atoms with Crippen LogP contribution in [-0.4, -0.2) is 42.2 Å². The summed E-state index contributed by atoms with van der Waals surface area (Å²) in [4.78, 5) is 38.2. The summed E-state index contributed by atoms with van der Waals surface area (Å²) in [6.45, 7) is 5.00. The molecule has 4 aromatic rings. The van der Waals surface area contributed by atoms with Gasteiger partial charge in [-0.15, -0.1) is 0 Å². The van der Waals surface area contributed by atoms with Gasteiger partial charge in [0.1, 0.15) is 4.88 Å². The van der Waals surface area contributed by atoms with Crippen molar-refractivity contribution in [1.82, 2.24) is 9.97 Å². The molecule has 1 fully saturated rings. The Morgan fingerprint density at radius 3 is 2.64 bits per heavy atom. The summed E-state index contributed by atoms with van der Waals surface area (Å²) >= 11 is 1.41. The van der Waals surface area contributed by atoms with Gasteiger partial charge in [-0.1, -0.05) is 47.7 Å². The maximum atomic E-state index is 13.9. The Kier molecular flexibility index (Phi) is 5.93. The van der Waals surface area contributed by atoms with Crippen molar-refractivity contribution < 1.29 is 9.53 Å². The Bertz CT molecular complexity index is 1340. The molecule has 2 aromatic carbocycles. The van der Waals surface area contributed by atoms with E-state index in [1.807, 2.05) is 61.5 Å². The van der Waals surface area contributed by atoms with Crippen molar-refractivity contribution in [1.29, 1.82) is 0 Å². The molecule has 1 N–H and O–H groups in total. The summed E-state index contributed by atoms with van der Waals surface area (Å²) in [5.41, 5.74) is 2.84. The summed E-state index contributed by atoms with van der Waals surface area (Å²) < 4.78 is 5.44. The molecule has 1 saturated heterocycles. The Morgan fingerprint density at radius 1 is 1.12 bits per heavy atom. The summed E-state index contributed by atoms with van der Waals surface area (Å²) in [6, 6.07) is 18.8. The third-order valence-electron chi connectivity index (χ3n) is 5.74. The van der Waals surface area contributed by atoms with Crippen LogP contribution in [0.2, 0.25) is 0 Å². The molecule has 1 amide bonds. The van der Waals surface area contributed by atoms with Crippen LogP contribution in [0, 0.1) is 6.92 Å². The number of ether oxygens (including phenoxy) is 1. The lowest BCUT2D eigenvalue weighted by atomic mass is 10.1. The number of fused-ring (bicyclic) bond motifs is 1. The van der Waals surface area contributed by atoms with E-state index < -0.39 is 0 Å². The van der Waals surface area contributed by atoms with Crippen LogP contribution in [0.25, 0.3) is 10.9 Å². The van der Waals surface area contributed by atoms with Crippen LogP contribution < -0.4 is 15.4 Å². The van der Waals surface area contributed by atoms with E-state index in [1.54, 1.807) is 11.0 Å². The van der Waals surface area contributed by atoms with Crippen LogP contribution >= 0.6 is 11.3 Å². The molecule has 0 unspecified atom stereocenters. The number of aromatic amines is 1. The number of thiazole rings is 1. The smallest absolute Gasteiger partial charge is 0.270 e. The van der Waals surface area contributed by atoms with Gasteiger partial charge in [-0.3, -0.25) is 9.59 Å². The molecule has 2 aromatic heterocycles. The van der Waals surface area contributed by atoms with E-state index in [-0.39, 0.29) is 18.0 Å². The van der Waals surface area contributed by atoms with E-state index >= 15 is 0 Å². The van der Waals surface area contributed by atoms with Gasteiger partial charge in [-0.05, 0) is 30.7 Å². The Balaban J connectivity index is 1.54. The van der Waals surface area contributed by atoms with Crippen LogP contribution in [0.5, 0.6) is 0 Å². The summed E-state index contributed by atoms with van der Waals surface area (Å²) in [6.07, 6.45) is 0. The number of para-hydroxylation sites is 2. The molecule has 0 aliphatic carbocycles. The minimum Gasteiger partial charge on any atom is -0.378 e. The lowest BCUT2D eigenvalue weighted by Gasteiger charge is -2.26. The molecule has 0 radical (unpaired) electrons. The van der Waals surface area contributed by atoms with Crippen molar-refractivity contribution >= 4 is 39.0 Å². The van der Waals surface area contributed by atoms with Gasteiger partial charge in [-0.25, -0.2) is 4.98 Å². The average molecular weight is 461 g/mol. The zero-order valence-corrected chi connectivity index (χ0v) is 19.1. The number of hydrogen-bond acceptors (Lipinski definition) is 6. The van der Waals surface area contributed by atoms with Crippen LogP contribution in [0.3, 0.4) is 0 Å². The fourth-order valence-corrected chi connectivity index (χ4v) is 5.13. The highest BCUT2D eigenvalue weighted by molar-refractivity contribution is 7.17. The molecule has 33 heavy (non-hydrogen) atoms. The van der Waals surface area contributed by atoms with E-state index in [0.29, 0.717) is 23.8 Å². The number of morpholine rings is 1. The monoisotopic (exact) mass is 460 g/mol. The molecule has 1 aliphatic rings. The van der Waals surface area contributed by atoms with Crippen molar-refractivity contribution in [3.63, 3.8) is 0 Å². The Morgan fingerprint density at radius 2 is 1.85 bits per heavy atom. The molecule has 5 rings (SSSR count). The Hall–Kier alpha value is -3.49. The summed E-state index contributed by atoms with van der Waals surface area (Å²) in [5.74, 6) is -0.125. The van der Waals surface area contributed by atoms with Crippen LogP contribution in [0.1, 0.15) is 20.9 Å². The first-order chi connectivity index (χ1) is 16.1. The lowest BCUT2D eigenvalue weighted by Crippen LogP contribution is -2.36. The number of rotatable bonds is 5. The minimum atomic E-state index is -0.187. The molecule has 0 spiro atoms. The fourth-order valence-electron chi connectivity index (χ4n) is 4.06. The minimum absolute atomic E-state index is 0.125. The van der Waals surface area contributed by atoms with Crippen LogP contribution in [-0.2, 0) is 11.3 Å². The quantitative estimate of drug-likeness (QED) is 0.488. The molecule has 0 atom stereocenters. The van der Waals surface area contributed by atoms with Gasteiger partial charge >= 0.3 is 0 Å². The number of nitrogens with one attached hydrogen (secondary N) is 1. The highest BCUT2D eigenvalue weighted by atomic mass is 32.1. The normalized spacial score (nSPS) is 13.9. The number of carbonyl (C=O) groups excluding carboxylic acids is 1. The third kappa shape index (κ3) is 4.40. The number of aryl methyl sites for hydroxylation is 1. The molecule has 7 nitrogen and oxygen atoms in total. The van der Waals surface area contributed by atoms with Crippen molar-refractivity contribution in [2.24, 2.45) is 0 Å². The zero-order chi connectivity index (χ0) is 22.8. The van der Waals surface area contributed by atoms with E-state index in [0.717, 1.165) is 40.4 Å². The molecule has 3 heterocycles. The SMILES string of the molecule is Cc1nc(N2CCOCC2)sc1C(=O)N(Cc1cc(=O)[nH]c2ccccc12)c1ccccc1. The highest BCUT2D eigenvalue weighted by Gasteiger charge is 2.26. The van der Waals surface area contributed by atoms with E-state index in [1.165, 1.54) is 11.3 Å². The number of amides is 1. The van der Waals surface area contributed by atoms with E-state index in [4.69, 9.17) is 4.74 Å². The predicted molar refractivity (Wildman–Crippen MR) is 131 cm³/mol. The number of aromatic nitrogens is 2. The predicted octanol–water partition coefficient (Wildman–Crippen LogP) is 3.98. The number of H-pyrrole nitrogens is 1. The van der Waals surface area contributed by atoms with Crippen molar-refractivity contribution in [2.75, 3.05) is 36.1 Å². The summed E-state index contributed by atoms with van der Waals surface area (Å²) in [7, 11) is 0. The van der Waals surface area contributed by atoms with E-state index in [9.17, 15) is 9.59 Å². The second kappa shape index (κ2) is 9.17. The largest absolute Gasteiger partial charge is 0.378 e. The zero-order valence-electron chi connectivity index (χ0n) is 18.3. The molecular formula is C25H24N4O3S. The number of pyridine rings is 1. The van der Waals surface area contributed by atoms with Crippen molar-refractivity contribution in [3.05, 3.63) is 87.2 Å². The van der Waals surface area contributed by atoms with Crippen LogP contribution in [0.4, 0.5) is 10.8 Å². The Labute approximate surface area is 195 Å². The second-order valence-electron chi connectivity index (χ2n) is 7.94. The second-order valence-corrected chi connectivity index (χ2v) is 8.92. The number of hydrogen-bond donors (Lipinski definition) is 1. The summed E-state index contributed by atoms with van der Waals surface area (Å²) in [5, 5.41) is 1.76. The molecule has 0 bridgehead atoms. The third-order valence-corrected chi connectivity index (χ3v) is 6.95. The van der Waals surface area contributed by atoms with Gasteiger partial charge in [0.05, 0.1) is 25.5 Å². The number of carbonyl (C=O) groups is 1. The first-order valence-electron chi connectivity index (χ1n) is 10.9. The van der Waals surface area contributed by atoms with Gasteiger partial charge in [-0.2, -0.15) is 0 Å². The first kappa shape index (κ1) is 21.4. The van der Waals surface area contributed by atoms with Gasteiger partial charge in [0.25, 0.3) is 5.91 Å². The fraction of sp³-hybridized carbons (Fsp3) is 0.240. The number of anilines is 2. The van der Waals surface area contributed by atoms with Gasteiger partial charge in [0.15, 0.2) is 5.13 Å². The molecule has 0 saturated carbocycles. The molecule has 1 aliphatic heterocycles. The number of nitrogens with zero attached hydrogens (tertiary/aromatic N) is 3. The molecule has 8 heteroatoms. The molecular weight excluding hydrogens is 436 g/mol. The maximum Gasteiger partial charge on any atom is 0.270 e. The van der Waals surface area contributed by atoms with Crippen molar-refractivity contribution in [2.45, 2.75) is 13.5 Å². The van der Waals surface area contributed by atoms with Gasteiger partial charge < -0.3 is 19.5 Å². The van der Waals surface area contributed by atoms with E-state index in [2.05, 4.69) is 14.9 Å². The topological polar surface area (TPSA) is 78.5 Å². The van der Waals surface area contributed by atoms with Gasteiger partial charge in [0.2, 0.25) is 5.56 Å². The van der Waals surface area contributed by atoms with Crippen LogP contribution in [0.15, 0.2) is 65.5 Å². The van der Waals surface area contributed by atoms with Crippen molar-refractivity contribution in [3.8, 4) is 0 Å². The van der Waals surface area contributed by atoms with Gasteiger partial charge in [0, 0.05) is 35.7 Å².